The second-order valence-electron chi connectivity index (χ2n) is 2.72. The molecule has 0 amide bonds. The standard InChI is InChI=1S/2C4H9NO.2ClH.Cu/c2*1-3-6-4-2-5-1;;;/h2*5H,1-4H2;2*1H;/q;;;;+2/p-2. The Morgan fingerprint density at radius 2 is 0.867 bits per heavy atom. The van der Waals surface area contributed by atoms with Gasteiger partial charge in [-0.2, -0.15) is 0 Å². The first-order valence-electron chi connectivity index (χ1n) is 4.57. The number of nitrogens with one attached hydrogen (secondary N) is 2. The Hall–Kier alpha value is 0.939. The van der Waals surface area contributed by atoms with Crippen LogP contribution in [0.5, 0.6) is 0 Å². The van der Waals surface area contributed by atoms with E-state index in [9.17, 15) is 0 Å². The van der Waals surface area contributed by atoms with E-state index in [-0.39, 0.29) is 41.9 Å². The first-order valence-corrected chi connectivity index (χ1v) is 4.57. The third-order valence-corrected chi connectivity index (χ3v) is 1.69. The van der Waals surface area contributed by atoms with Gasteiger partial charge < -0.3 is 44.9 Å². The molecule has 2 aliphatic heterocycles. The first kappa shape index (κ1) is 21.2. The van der Waals surface area contributed by atoms with Crippen LogP contribution in [0.2, 0.25) is 0 Å². The molecule has 15 heavy (non-hydrogen) atoms. The predicted octanol–water partition coefficient (Wildman–Crippen LogP) is -6.78. The molecule has 0 aromatic heterocycles. The molecule has 2 rings (SSSR count). The molecule has 1 radical (unpaired) electrons. The monoisotopic (exact) mass is 307 g/mol. The van der Waals surface area contributed by atoms with Gasteiger partial charge in [0.1, 0.15) is 0 Å². The van der Waals surface area contributed by atoms with Crippen LogP contribution >= 0.6 is 0 Å². The average molecular weight is 309 g/mol. The Balaban J connectivity index is -0.000000160. The Labute approximate surface area is 115 Å². The Bertz CT molecular complexity index is 71.6. The molecule has 2 N–H and O–H groups in total. The molecule has 0 aliphatic carbocycles. The van der Waals surface area contributed by atoms with E-state index >= 15 is 0 Å². The molecule has 0 atom stereocenters. The van der Waals surface area contributed by atoms with Crippen molar-refractivity contribution in [1.82, 2.24) is 10.6 Å². The molecule has 0 unspecified atom stereocenters. The van der Waals surface area contributed by atoms with Crippen molar-refractivity contribution in [2.24, 2.45) is 0 Å². The van der Waals surface area contributed by atoms with Crippen molar-refractivity contribution < 1.29 is 51.4 Å². The van der Waals surface area contributed by atoms with E-state index in [1.54, 1.807) is 0 Å². The summed E-state index contributed by atoms with van der Waals surface area (Å²) >= 11 is 0. The van der Waals surface area contributed by atoms with Crippen LogP contribution in [-0.2, 0) is 26.5 Å². The first-order chi connectivity index (χ1) is 6.00. The molecular formula is C8H18Cl2CuN2O2. The van der Waals surface area contributed by atoms with Crippen LogP contribution in [0.25, 0.3) is 0 Å². The second kappa shape index (κ2) is 17.3. The summed E-state index contributed by atoms with van der Waals surface area (Å²) in [6.45, 7) is 7.67. The molecule has 7 heteroatoms. The van der Waals surface area contributed by atoms with E-state index in [4.69, 9.17) is 9.47 Å². The van der Waals surface area contributed by atoms with Gasteiger partial charge in [0.05, 0.1) is 26.4 Å². The minimum Gasteiger partial charge on any atom is -1.00 e. The molecule has 0 aromatic carbocycles. The summed E-state index contributed by atoms with van der Waals surface area (Å²) in [4.78, 5) is 0. The van der Waals surface area contributed by atoms with Crippen molar-refractivity contribution in [2.75, 3.05) is 52.6 Å². The third kappa shape index (κ3) is 14.9. The molecule has 4 nitrogen and oxygen atoms in total. The van der Waals surface area contributed by atoms with Crippen LogP contribution in [0.4, 0.5) is 0 Å². The van der Waals surface area contributed by atoms with Gasteiger partial charge in [-0.3, -0.25) is 0 Å². The number of ether oxygens (including phenoxy) is 2. The largest absolute Gasteiger partial charge is 2.00 e. The summed E-state index contributed by atoms with van der Waals surface area (Å²) in [5.41, 5.74) is 0. The van der Waals surface area contributed by atoms with E-state index < -0.39 is 0 Å². The molecular weight excluding hydrogens is 291 g/mol. The van der Waals surface area contributed by atoms with Crippen molar-refractivity contribution in [3.8, 4) is 0 Å². The Kier molecular flexibility index (Phi) is 24.6. The van der Waals surface area contributed by atoms with Gasteiger partial charge in [-0.15, -0.1) is 0 Å². The molecule has 0 saturated carbocycles. The summed E-state index contributed by atoms with van der Waals surface area (Å²) in [5.74, 6) is 0. The fourth-order valence-electron chi connectivity index (χ4n) is 1.03. The van der Waals surface area contributed by atoms with Gasteiger partial charge in [-0.1, -0.05) is 0 Å². The maximum Gasteiger partial charge on any atom is 2.00 e. The van der Waals surface area contributed by atoms with Gasteiger partial charge in [-0.05, 0) is 0 Å². The number of rotatable bonds is 0. The van der Waals surface area contributed by atoms with E-state index in [0.717, 1.165) is 52.6 Å². The number of hydrogen-bond donors (Lipinski definition) is 2. The topological polar surface area (TPSA) is 42.5 Å². The van der Waals surface area contributed by atoms with Crippen molar-refractivity contribution in [3.05, 3.63) is 0 Å². The van der Waals surface area contributed by atoms with Gasteiger partial charge >= 0.3 is 17.1 Å². The van der Waals surface area contributed by atoms with Crippen molar-refractivity contribution in [2.45, 2.75) is 0 Å². The molecule has 2 aliphatic rings. The smallest absolute Gasteiger partial charge is 1.00 e. The van der Waals surface area contributed by atoms with Crippen LogP contribution in [-0.4, -0.2) is 52.6 Å². The molecule has 0 spiro atoms. The maximum absolute atomic E-state index is 5.01. The zero-order valence-corrected chi connectivity index (χ0v) is 11.0. The summed E-state index contributed by atoms with van der Waals surface area (Å²) in [6.07, 6.45) is 0. The maximum atomic E-state index is 5.01. The number of hydrogen-bond acceptors (Lipinski definition) is 4. The van der Waals surface area contributed by atoms with Crippen molar-refractivity contribution >= 4 is 0 Å². The van der Waals surface area contributed by atoms with Gasteiger partial charge in [0.15, 0.2) is 0 Å². The van der Waals surface area contributed by atoms with E-state index in [2.05, 4.69) is 10.6 Å². The Morgan fingerprint density at radius 1 is 0.600 bits per heavy atom. The van der Waals surface area contributed by atoms with Gasteiger partial charge in [0.2, 0.25) is 0 Å². The third-order valence-electron chi connectivity index (χ3n) is 1.69. The summed E-state index contributed by atoms with van der Waals surface area (Å²) < 4.78 is 10.0. The SMILES string of the molecule is C1COCCN1.C1COCCN1.[Cl-].[Cl-].[Cu+2]. The average Bonchev–Trinajstić information content (AvgIpc) is 2.24. The molecule has 0 bridgehead atoms. The van der Waals surface area contributed by atoms with E-state index in [0.29, 0.717) is 0 Å². The van der Waals surface area contributed by atoms with Crippen LogP contribution in [0.3, 0.4) is 0 Å². The Morgan fingerprint density at radius 3 is 0.933 bits per heavy atom. The molecule has 2 fully saturated rings. The normalized spacial score (nSPS) is 19.2. The van der Waals surface area contributed by atoms with E-state index in [1.807, 2.05) is 0 Å². The molecule has 0 aromatic rings. The number of halogens is 2. The fourth-order valence-corrected chi connectivity index (χ4v) is 1.03. The quantitative estimate of drug-likeness (QED) is 0.437. The minimum absolute atomic E-state index is 0. The van der Waals surface area contributed by atoms with Gasteiger partial charge in [0, 0.05) is 26.2 Å². The van der Waals surface area contributed by atoms with Crippen molar-refractivity contribution in [1.29, 1.82) is 0 Å². The van der Waals surface area contributed by atoms with Crippen LogP contribution in [0.1, 0.15) is 0 Å². The van der Waals surface area contributed by atoms with Crippen molar-refractivity contribution in [3.63, 3.8) is 0 Å². The van der Waals surface area contributed by atoms with Crippen LogP contribution < -0.4 is 35.4 Å². The van der Waals surface area contributed by atoms with E-state index in [1.165, 1.54) is 0 Å². The number of morpholine rings is 2. The zero-order valence-electron chi connectivity index (χ0n) is 8.53. The molecule has 2 heterocycles. The zero-order chi connectivity index (χ0) is 8.49. The van der Waals surface area contributed by atoms with Gasteiger partial charge in [0.25, 0.3) is 0 Å². The predicted molar refractivity (Wildman–Crippen MR) is 47.4 cm³/mol. The summed E-state index contributed by atoms with van der Waals surface area (Å²) in [7, 11) is 0. The molecule has 2 saturated heterocycles. The van der Waals surface area contributed by atoms with Gasteiger partial charge in [-0.25, -0.2) is 0 Å². The van der Waals surface area contributed by atoms with Crippen LogP contribution in [0.15, 0.2) is 0 Å². The molecule has 97 valence electrons. The fraction of sp³-hybridized carbons (Fsp3) is 1.00. The summed E-state index contributed by atoms with van der Waals surface area (Å²) in [6, 6.07) is 0. The minimum atomic E-state index is 0. The summed E-state index contributed by atoms with van der Waals surface area (Å²) in [5, 5.41) is 6.32. The second-order valence-corrected chi connectivity index (χ2v) is 2.72. The van der Waals surface area contributed by atoms with Crippen LogP contribution in [0, 0.1) is 0 Å².